The molecule has 0 radical (unpaired) electrons. The standard InChI is InChI=1S/C10H8O3/c1-2-9(11)7-5-3-4-6-8(7)10(12)13/h2-6H,1H2,(H,12,13). The van der Waals surface area contributed by atoms with Crippen LogP contribution in [-0.4, -0.2) is 16.9 Å². The van der Waals surface area contributed by atoms with E-state index in [0.29, 0.717) is 0 Å². The summed E-state index contributed by atoms with van der Waals surface area (Å²) in [6, 6.07) is 6.04. The second kappa shape index (κ2) is 3.67. The van der Waals surface area contributed by atoms with Crippen LogP contribution in [0.2, 0.25) is 0 Å². The first kappa shape index (κ1) is 9.19. The molecule has 1 rings (SSSR count). The van der Waals surface area contributed by atoms with E-state index in [1.807, 2.05) is 0 Å². The second-order valence-electron chi connectivity index (χ2n) is 2.42. The number of allylic oxidation sites excluding steroid dienone is 1. The number of carbonyl (C=O) groups is 2. The fraction of sp³-hybridized carbons (Fsp3) is 0. The topological polar surface area (TPSA) is 54.4 Å². The van der Waals surface area contributed by atoms with Gasteiger partial charge in [-0.1, -0.05) is 24.8 Å². The molecule has 0 aromatic heterocycles. The van der Waals surface area contributed by atoms with Gasteiger partial charge in [0.15, 0.2) is 5.78 Å². The van der Waals surface area contributed by atoms with E-state index in [9.17, 15) is 9.59 Å². The van der Waals surface area contributed by atoms with Crippen LogP contribution >= 0.6 is 0 Å². The third kappa shape index (κ3) is 1.82. The van der Waals surface area contributed by atoms with Gasteiger partial charge in [0.25, 0.3) is 0 Å². The molecule has 66 valence electrons. The number of hydrogen-bond donors (Lipinski definition) is 1. The highest BCUT2D eigenvalue weighted by molar-refractivity contribution is 6.10. The molecule has 0 amide bonds. The first-order chi connectivity index (χ1) is 6.16. The van der Waals surface area contributed by atoms with E-state index in [2.05, 4.69) is 6.58 Å². The Morgan fingerprint density at radius 3 is 2.23 bits per heavy atom. The lowest BCUT2D eigenvalue weighted by atomic mass is 10.0. The highest BCUT2D eigenvalue weighted by atomic mass is 16.4. The van der Waals surface area contributed by atoms with Crippen LogP contribution in [0.5, 0.6) is 0 Å². The van der Waals surface area contributed by atoms with Crippen molar-refractivity contribution >= 4 is 11.8 Å². The van der Waals surface area contributed by atoms with Gasteiger partial charge in [-0.2, -0.15) is 0 Å². The summed E-state index contributed by atoms with van der Waals surface area (Å²) >= 11 is 0. The van der Waals surface area contributed by atoms with Crippen molar-refractivity contribution < 1.29 is 14.7 Å². The molecule has 3 nitrogen and oxygen atoms in total. The molecule has 0 aliphatic heterocycles. The Morgan fingerprint density at radius 1 is 1.23 bits per heavy atom. The molecule has 0 bridgehead atoms. The van der Waals surface area contributed by atoms with E-state index >= 15 is 0 Å². The van der Waals surface area contributed by atoms with Crippen molar-refractivity contribution in [1.82, 2.24) is 0 Å². The van der Waals surface area contributed by atoms with Crippen molar-refractivity contribution in [2.24, 2.45) is 0 Å². The third-order valence-electron chi connectivity index (χ3n) is 1.61. The minimum absolute atomic E-state index is 0.00685. The van der Waals surface area contributed by atoms with Gasteiger partial charge in [0.1, 0.15) is 0 Å². The second-order valence-corrected chi connectivity index (χ2v) is 2.42. The van der Waals surface area contributed by atoms with Gasteiger partial charge in [-0.05, 0) is 12.1 Å². The van der Waals surface area contributed by atoms with Crippen LogP contribution in [0.4, 0.5) is 0 Å². The lowest BCUT2D eigenvalue weighted by molar-refractivity contribution is 0.0693. The smallest absolute Gasteiger partial charge is 0.336 e. The highest BCUT2D eigenvalue weighted by Gasteiger charge is 2.12. The Labute approximate surface area is 75.3 Å². The van der Waals surface area contributed by atoms with Crippen LogP contribution in [0.3, 0.4) is 0 Å². The summed E-state index contributed by atoms with van der Waals surface area (Å²) < 4.78 is 0. The summed E-state index contributed by atoms with van der Waals surface area (Å²) in [4.78, 5) is 21.8. The zero-order valence-electron chi connectivity index (χ0n) is 6.86. The molecule has 3 heteroatoms. The van der Waals surface area contributed by atoms with Gasteiger partial charge in [-0.15, -0.1) is 0 Å². The van der Waals surface area contributed by atoms with Gasteiger partial charge in [-0.3, -0.25) is 4.79 Å². The van der Waals surface area contributed by atoms with Crippen LogP contribution in [-0.2, 0) is 0 Å². The monoisotopic (exact) mass is 176 g/mol. The number of hydrogen-bond acceptors (Lipinski definition) is 2. The highest BCUT2D eigenvalue weighted by Crippen LogP contribution is 2.09. The average molecular weight is 176 g/mol. The maximum absolute atomic E-state index is 11.2. The number of rotatable bonds is 3. The summed E-state index contributed by atoms with van der Waals surface area (Å²) in [6.07, 6.45) is 1.10. The average Bonchev–Trinajstić information content (AvgIpc) is 2.16. The Morgan fingerprint density at radius 2 is 1.77 bits per heavy atom. The largest absolute Gasteiger partial charge is 0.478 e. The van der Waals surface area contributed by atoms with Crippen molar-refractivity contribution in [3.05, 3.63) is 48.0 Å². The number of carboxylic acids is 1. The molecule has 0 heterocycles. The Bertz CT molecular complexity index is 366. The van der Waals surface area contributed by atoms with E-state index in [-0.39, 0.29) is 16.9 Å². The fourth-order valence-electron chi connectivity index (χ4n) is 0.994. The predicted octanol–water partition coefficient (Wildman–Crippen LogP) is 1.75. The summed E-state index contributed by atoms with van der Waals surface area (Å²) in [5.74, 6) is -1.48. The minimum Gasteiger partial charge on any atom is -0.478 e. The summed E-state index contributed by atoms with van der Waals surface area (Å²) in [6.45, 7) is 3.29. The van der Waals surface area contributed by atoms with E-state index in [1.54, 1.807) is 12.1 Å². The summed E-state index contributed by atoms with van der Waals surface area (Å²) in [5, 5.41) is 8.72. The molecule has 1 aromatic rings. The molecular weight excluding hydrogens is 168 g/mol. The van der Waals surface area contributed by atoms with Gasteiger partial charge < -0.3 is 5.11 Å². The molecule has 0 saturated carbocycles. The molecule has 0 atom stereocenters. The van der Waals surface area contributed by atoms with E-state index in [1.165, 1.54) is 12.1 Å². The molecule has 0 fully saturated rings. The molecule has 0 aliphatic rings. The zero-order chi connectivity index (χ0) is 9.84. The van der Waals surface area contributed by atoms with E-state index < -0.39 is 5.97 Å². The van der Waals surface area contributed by atoms with Crippen LogP contribution in [0.15, 0.2) is 36.9 Å². The SMILES string of the molecule is C=CC(=O)c1ccccc1C(=O)O. The molecule has 13 heavy (non-hydrogen) atoms. The molecule has 1 aromatic carbocycles. The molecule has 0 aliphatic carbocycles. The Balaban J connectivity index is 3.27. The first-order valence-corrected chi connectivity index (χ1v) is 3.66. The maximum atomic E-state index is 11.2. The molecule has 1 N–H and O–H groups in total. The zero-order valence-corrected chi connectivity index (χ0v) is 6.86. The number of carbonyl (C=O) groups excluding carboxylic acids is 1. The quantitative estimate of drug-likeness (QED) is 0.563. The van der Waals surface area contributed by atoms with Crippen LogP contribution in [0, 0.1) is 0 Å². The number of benzene rings is 1. The van der Waals surface area contributed by atoms with Gasteiger partial charge in [-0.25, -0.2) is 4.79 Å². The lowest BCUT2D eigenvalue weighted by Gasteiger charge is -2.00. The van der Waals surface area contributed by atoms with Crippen molar-refractivity contribution in [2.45, 2.75) is 0 Å². The number of carboxylic acid groups (broad SMARTS) is 1. The minimum atomic E-state index is -1.11. The Hall–Kier alpha value is -1.90. The summed E-state index contributed by atoms with van der Waals surface area (Å²) in [7, 11) is 0. The van der Waals surface area contributed by atoms with Crippen molar-refractivity contribution in [3.63, 3.8) is 0 Å². The molecule has 0 spiro atoms. The van der Waals surface area contributed by atoms with Crippen LogP contribution in [0.1, 0.15) is 20.7 Å². The predicted molar refractivity (Wildman–Crippen MR) is 47.9 cm³/mol. The van der Waals surface area contributed by atoms with Crippen molar-refractivity contribution in [2.75, 3.05) is 0 Å². The van der Waals surface area contributed by atoms with Gasteiger partial charge in [0.05, 0.1) is 5.56 Å². The van der Waals surface area contributed by atoms with Gasteiger partial charge >= 0.3 is 5.97 Å². The van der Waals surface area contributed by atoms with Crippen LogP contribution in [0.25, 0.3) is 0 Å². The van der Waals surface area contributed by atoms with Crippen LogP contribution < -0.4 is 0 Å². The van der Waals surface area contributed by atoms with Gasteiger partial charge in [0, 0.05) is 5.56 Å². The Kier molecular flexibility index (Phi) is 2.59. The third-order valence-corrected chi connectivity index (χ3v) is 1.61. The normalized spacial score (nSPS) is 9.23. The van der Waals surface area contributed by atoms with E-state index in [4.69, 9.17) is 5.11 Å². The van der Waals surface area contributed by atoms with Crippen molar-refractivity contribution in [1.29, 1.82) is 0 Å². The fourth-order valence-corrected chi connectivity index (χ4v) is 0.994. The van der Waals surface area contributed by atoms with Gasteiger partial charge in [0.2, 0.25) is 0 Å². The number of aromatic carboxylic acids is 1. The summed E-state index contributed by atoms with van der Waals surface area (Å²) in [5.41, 5.74) is 0.178. The molecule has 0 saturated heterocycles. The molecular formula is C10H8O3. The molecule has 0 unspecified atom stereocenters. The van der Waals surface area contributed by atoms with E-state index in [0.717, 1.165) is 6.08 Å². The number of ketones is 1. The lowest BCUT2D eigenvalue weighted by Crippen LogP contribution is -2.05. The van der Waals surface area contributed by atoms with Crippen molar-refractivity contribution in [3.8, 4) is 0 Å². The first-order valence-electron chi connectivity index (χ1n) is 3.66. The maximum Gasteiger partial charge on any atom is 0.336 e.